The molecule has 1 aromatic rings. The minimum Gasteiger partial charge on any atom is -0.453 e. The molecular formula is C6H5Cl2NO2S. The average molecular weight is 226 g/mol. The first-order chi connectivity index (χ1) is 5.63. The fourth-order valence-corrected chi connectivity index (χ4v) is 1.81. The Morgan fingerprint density at radius 2 is 2.33 bits per heavy atom. The largest absolute Gasteiger partial charge is 0.453 e. The van der Waals surface area contributed by atoms with E-state index in [0.717, 1.165) is 0 Å². The number of rotatable bonds is 1. The molecular weight excluding hydrogens is 221 g/mol. The number of carbonyl (C=O) groups is 1. The molecule has 0 fully saturated rings. The number of amides is 1. The van der Waals surface area contributed by atoms with Crippen LogP contribution in [-0.2, 0) is 4.74 Å². The van der Waals surface area contributed by atoms with E-state index < -0.39 is 6.09 Å². The summed E-state index contributed by atoms with van der Waals surface area (Å²) in [6.45, 7) is 0. The quantitative estimate of drug-likeness (QED) is 0.798. The predicted octanol–water partition coefficient (Wildman–Crippen LogP) is 3.23. The van der Waals surface area contributed by atoms with Crippen molar-refractivity contribution in [3.8, 4) is 0 Å². The van der Waals surface area contributed by atoms with E-state index in [1.54, 1.807) is 6.07 Å². The molecule has 1 N–H and O–H groups in total. The molecule has 0 aliphatic carbocycles. The van der Waals surface area contributed by atoms with Crippen molar-refractivity contribution >= 4 is 45.6 Å². The van der Waals surface area contributed by atoms with Crippen LogP contribution in [0.15, 0.2) is 6.07 Å². The highest BCUT2D eigenvalue weighted by atomic mass is 35.5. The molecule has 0 aromatic carbocycles. The second-order valence-electron chi connectivity index (χ2n) is 1.85. The Hall–Kier alpha value is -0.450. The highest BCUT2D eigenvalue weighted by molar-refractivity contribution is 7.20. The van der Waals surface area contributed by atoms with E-state index in [4.69, 9.17) is 23.2 Å². The van der Waals surface area contributed by atoms with Crippen molar-refractivity contribution in [1.82, 2.24) is 0 Å². The molecule has 3 nitrogen and oxygen atoms in total. The van der Waals surface area contributed by atoms with Gasteiger partial charge in [-0.2, -0.15) is 0 Å². The van der Waals surface area contributed by atoms with E-state index in [-0.39, 0.29) is 0 Å². The molecule has 0 bridgehead atoms. The van der Waals surface area contributed by atoms with E-state index in [9.17, 15) is 4.79 Å². The summed E-state index contributed by atoms with van der Waals surface area (Å²) < 4.78 is 4.82. The summed E-state index contributed by atoms with van der Waals surface area (Å²) in [5, 5.41) is 3.43. The van der Waals surface area contributed by atoms with Crippen LogP contribution in [-0.4, -0.2) is 13.2 Å². The van der Waals surface area contributed by atoms with E-state index >= 15 is 0 Å². The molecule has 1 amide bonds. The van der Waals surface area contributed by atoms with Gasteiger partial charge in [0.1, 0.15) is 9.34 Å². The van der Waals surface area contributed by atoms with Crippen LogP contribution < -0.4 is 5.32 Å². The van der Waals surface area contributed by atoms with Crippen molar-refractivity contribution in [3.05, 3.63) is 15.4 Å². The molecule has 0 aliphatic rings. The number of carbonyl (C=O) groups excluding carboxylic acids is 1. The number of hydrogen-bond donors (Lipinski definition) is 1. The Bertz CT molecular complexity index is 280. The lowest BCUT2D eigenvalue weighted by Gasteiger charge is -1.97. The lowest BCUT2D eigenvalue weighted by atomic mass is 10.6. The SMILES string of the molecule is COC(=O)Nc1cc(Cl)c(Cl)s1. The Balaban J connectivity index is 2.70. The van der Waals surface area contributed by atoms with Crippen molar-refractivity contribution in [2.45, 2.75) is 0 Å². The van der Waals surface area contributed by atoms with Crippen LogP contribution in [0.2, 0.25) is 9.36 Å². The smallest absolute Gasteiger partial charge is 0.411 e. The molecule has 0 aliphatic heterocycles. The van der Waals surface area contributed by atoms with E-state index in [0.29, 0.717) is 14.4 Å². The van der Waals surface area contributed by atoms with Gasteiger partial charge in [-0.15, -0.1) is 11.3 Å². The summed E-state index contributed by atoms with van der Waals surface area (Å²) in [5.74, 6) is 0. The molecule has 12 heavy (non-hydrogen) atoms. The monoisotopic (exact) mass is 225 g/mol. The molecule has 1 aromatic heterocycles. The molecule has 0 unspecified atom stereocenters. The normalized spacial score (nSPS) is 9.58. The second-order valence-corrected chi connectivity index (χ2v) is 3.91. The molecule has 1 heterocycles. The molecule has 0 saturated carbocycles. The highest BCUT2D eigenvalue weighted by Crippen LogP contribution is 2.34. The Morgan fingerprint density at radius 3 is 2.75 bits per heavy atom. The lowest BCUT2D eigenvalue weighted by Crippen LogP contribution is -2.09. The number of anilines is 1. The van der Waals surface area contributed by atoms with Crippen molar-refractivity contribution in [1.29, 1.82) is 0 Å². The van der Waals surface area contributed by atoms with Crippen molar-refractivity contribution in [2.24, 2.45) is 0 Å². The van der Waals surface area contributed by atoms with Gasteiger partial charge in [0.15, 0.2) is 0 Å². The zero-order valence-electron chi connectivity index (χ0n) is 6.06. The van der Waals surface area contributed by atoms with Gasteiger partial charge in [0, 0.05) is 0 Å². The first kappa shape index (κ1) is 9.64. The van der Waals surface area contributed by atoms with Crippen molar-refractivity contribution in [2.75, 3.05) is 12.4 Å². The van der Waals surface area contributed by atoms with Gasteiger partial charge in [-0.25, -0.2) is 4.79 Å². The summed E-state index contributed by atoms with van der Waals surface area (Å²) in [6.07, 6.45) is -0.537. The third-order valence-electron chi connectivity index (χ3n) is 1.06. The lowest BCUT2D eigenvalue weighted by molar-refractivity contribution is 0.187. The van der Waals surface area contributed by atoms with Gasteiger partial charge in [0.2, 0.25) is 0 Å². The van der Waals surface area contributed by atoms with Gasteiger partial charge in [-0.05, 0) is 6.07 Å². The van der Waals surface area contributed by atoms with Gasteiger partial charge >= 0.3 is 6.09 Å². The van der Waals surface area contributed by atoms with Crippen LogP contribution in [0.5, 0.6) is 0 Å². The van der Waals surface area contributed by atoms with Crippen LogP contribution in [0.25, 0.3) is 0 Å². The Kier molecular flexibility index (Phi) is 3.20. The topological polar surface area (TPSA) is 38.3 Å². The van der Waals surface area contributed by atoms with Gasteiger partial charge in [-0.1, -0.05) is 23.2 Å². The fraction of sp³-hybridized carbons (Fsp3) is 0.167. The molecule has 0 radical (unpaired) electrons. The molecule has 66 valence electrons. The zero-order chi connectivity index (χ0) is 9.14. The van der Waals surface area contributed by atoms with Crippen LogP contribution in [0.4, 0.5) is 9.80 Å². The molecule has 6 heteroatoms. The first-order valence-electron chi connectivity index (χ1n) is 2.93. The number of halogens is 2. The summed E-state index contributed by atoms with van der Waals surface area (Å²) in [7, 11) is 1.28. The third kappa shape index (κ3) is 2.27. The maximum Gasteiger partial charge on any atom is 0.411 e. The molecule has 0 spiro atoms. The number of methoxy groups -OCH3 is 1. The first-order valence-corrected chi connectivity index (χ1v) is 4.50. The van der Waals surface area contributed by atoms with Crippen LogP contribution in [0.3, 0.4) is 0 Å². The fourth-order valence-electron chi connectivity index (χ4n) is 0.560. The number of ether oxygens (including phenoxy) is 1. The van der Waals surface area contributed by atoms with Crippen LogP contribution in [0.1, 0.15) is 0 Å². The van der Waals surface area contributed by atoms with Crippen molar-refractivity contribution < 1.29 is 9.53 Å². The number of thiophene rings is 1. The number of nitrogens with one attached hydrogen (secondary N) is 1. The second kappa shape index (κ2) is 3.98. The molecule has 1 rings (SSSR count). The molecule has 0 atom stereocenters. The minimum absolute atomic E-state index is 0.424. The zero-order valence-corrected chi connectivity index (χ0v) is 8.39. The predicted molar refractivity (Wildman–Crippen MR) is 50.4 cm³/mol. The third-order valence-corrected chi connectivity index (χ3v) is 2.84. The van der Waals surface area contributed by atoms with Crippen LogP contribution in [0, 0.1) is 0 Å². The number of hydrogen-bond acceptors (Lipinski definition) is 3. The van der Waals surface area contributed by atoms with E-state index in [1.807, 2.05) is 0 Å². The summed E-state index contributed by atoms with van der Waals surface area (Å²) in [6, 6.07) is 1.56. The Morgan fingerprint density at radius 1 is 1.67 bits per heavy atom. The van der Waals surface area contributed by atoms with Gasteiger partial charge < -0.3 is 4.74 Å². The molecule has 0 saturated heterocycles. The standard InChI is InChI=1S/C6H5Cl2NO2S/c1-11-6(10)9-4-2-3(7)5(8)12-4/h2H,1H3,(H,9,10). The minimum atomic E-state index is -0.537. The maximum atomic E-state index is 10.7. The maximum absolute atomic E-state index is 10.7. The highest BCUT2D eigenvalue weighted by Gasteiger charge is 2.07. The summed E-state index contributed by atoms with van der Waals surface area (Å²) >= 11 is 12.5. The van der Waals surface area contributed by atoms with Gasteiger partial charge in [-0.3, -0.25) is 5.32 Å². The van der Waals surface area contributed by atoms with Crippen molar-refractivity contribution in [3.63, 3.8) is 0 Å². The average Bonchev–Trinajstić information content (AvgIpc) is 2.31. The summed E-state index contributed by atoms with van der Waals surface area (Å²) in [4.78, 5) is 10.7. The van der Waals surface area contributed by atoms with E-state index in [1.165, 1.54) is 18.4 Å². The van der Waals surface area contributed by atoms with Crippen LogP contribution >= 0.6 is 34.5 Å². The van der Waals surface area contributed by atoms with E-state index in [2.05, 4.69) is 10.1 Å². The summed E-state index contributed by atoms with van der Waals surface area (Å²) in [5.41, 5.74) is 0. The van der Waals surface area contributed by atoms with Gasteiger partial charge in [0.05, 0.1) is 12.1 Å². The Labute approximate surface area is 83.2 Å². The van der Waals surface area contributed by atoms with Gasteiger partial charge in [0.25, 0.3) is 0 Å².